The maximum absolute atomic E-state index is 11.9. The quantitative estimate of drug-likeness (QED) is 0.796. The fourth-order valence-corrected chi connectivity index (χ4v) is 2.15. The molecule has 0 radical (unpaired) electrons. The van der Waals surface area contributed by atoms with Crippen LogP contribution < -0.4 is 20.1 Å². The van der Waals surface area contributed by atoms with Crippen LogP contribution in [0.4, 0.5) is 10.5 Å². The highest BCUT2D eigenvalue weighted by Gasteiger charge is 2.06. The van der Waals surface area contributed by atoms with Crippen molar-refractivity contribution in [3.8, 4) is 11.5 Å². The molecule has 0 aliphatic heterocycles. The molecule has 122 valence electrons. The van der Waals surface area contributed by atoms with Gasteiger partial charge in [0.2, 0.25) is 0 Å². The van der Waals surface area contributed by atoms with Gasteiger partial charge in [0.1, 0.15) is 11.5 Å². The minimum atomic E-state index is -0.298. The van der Waals surface area contributed by atoms with Crippen molar-refractivity contribution in [1.29, 1.82) is 0 Å². The summed E-state index contributed by atoms with van der Waals surface area (Å²) in [7, 11) is 0. The molecule has 0 heterocycles. The third kappa shape index (κ3) is 4.92. The third-order valence-electron chi connectivity index (χ3n) is 3.33. The van der Waals surface area contributed by atoms with Crippen molar-refractivity contribution in [1.82, 2.24) is 5.32 Å². The van der Waals surface area contributed by atoms with E-state index in [1.807, 2.05) is 51.1 Å². The van der Waals surface area contributed by atoms with Crippen LogP contribution in [0.25, 0.3) is 0 Å². The van der Waals surface area contributed by atoms with Gasteiger partial charge in [0.15, 0.2) is 6.73 Å². The summed E-state index contributed by atoms with van der Waals surface area (Å²) in [5, 5.41) is 5.51. The van der Waals surface area contributed by atoms with Gasteiger partial charge in [-0.3, -0.25) is 0 Å². The number of hydrogen-bond donors (Lipinski definition) is 2. The second-order valence-corrected chi connectivity index (χ2v) is 5.09. The zero-order valence-electron chi connectivity index (χ0n) is 13.7. The van der Waals surface area contributed by atoms with E-state index in [1.54, 1.807) is 12.1 Å². The number of benzene rings is 2. The smallest absolute Gasteiger partial charge is 0.321 e. The van der Waals surface area contributed by atoms with E-state index < -0.39 is 0 Å². The number of nitrogens with one attached hydrogen (secondary N) is 2. The minimum Gasteiger partial charge on any atom is -0.494 e. The molecular formula is C18H22N2O3. The van der Waals surface area contributed by atoms with Gasteiger partial charge in [-0.15, -0.1) is 0 Å². The highest BCUT2D eigenvalue weighted by atomic mass is 16.5. The molecule has 23 heavy (non-hydrogen) atoms. The largest absolute Gasteiger partial charge is 0.494 e. The molecule has 0 unspecified atom stereocenters. The van der Waals surface area contributed by atoms with Gasteiger partial charge in [0, 0.05) is 5.69 Å². The third-order valence-corrected chi connectivity index (χ3v) is 3.33. The number of ether oxygens (including phenoxy) is 2. The van der Waals surface area contributed by atoms with E-state index in [-0.39, 0.29) is 12.8 Å². The Labute approximate surface area is 136 Å². The van der Waals surface area contributed by atoms with Gasteiger partial charge in [0.05, 0.1) is 6.61 Å². The second kappa shape index (κ2) is 8.08. The summed E-state index contributed by atoms with van der Waals surface area (Å²) < 4.78 is 10.8. The first kappa shape index (κ1) is 16.7. The van der Waals surface area contributed by atoms with Crippen molar-refractivity contribution >= 4 is 11.7 Å². The minimum absolute atomic E-state index is 0.0880. The van der Waals surface area contributed by atoms with Crippen molar-refractivity contribution in [2.75, 3.05) is 18.7 Å². The van der Waals surface area contributed by atoms with Crippen LogP contribution in [0.3, 0.4) is 0 Å². The van der Waals surface area contributed by atoms with Gasteiger partial charge in [0.25, 0.3) is 0 Å². The van der Waals surface area contributed by atoms with Crippen LogP contribution in [-0.4, -0.2) is 19.4 Å². The highest BCUT2D eigenvalue weighted by Crippen LogP contribution is 2.19. The van der Waals surface area contributed by atoms with Crippen molar-refractivity contribution in [2.24, 2.45) is 0 Å². The SMILES string of the molecule is CCOc1ccc(OCNC(=O)Nc2c(C)cccc2C)cc1. The summed E-state index contributed by atoms with van der Waals surface area (Å²) in [4.78, 5) is 11.9. The van der Waals surface area contributed by atoms with Crippen molar-refractivity contribution in [3.05, 3.63) is 53.6 Å². The van der Waals surface area contributed by atoms with Crippen LogP contribution in [0.5, 0.6) is 11.5 Å². The summed E-state index contributed by atoms with van der Waals surface area (Å²) >= 11 is 0. The van der Waals surface area contributed by atoms with Crippen LogP contribution in [0.15, 0.2) is 42.5 Å². The molecule has 2 amide bonds. The zero-order chi connectivity index (χ0) is 16.7. The second-order valence-electron chi connectivity index (χ2n) is 5.09. The fraction of sp³-hybridized carbons (Fsp3) is 0.278. The van der Waals surface area contributed by atoms with E-state index in [0.29, 0.717) is 12.4 Å². The van der Waals surface area contributed by atoms with Crippen LogP contribution >= 0.6 is 0 Å². The number of carbonyl (C=O) groups is 1. The predicted molar refractivity (Wildman–Crippen MR) is 91.2 cm³/mol. The lowest BCUT2D eigenvalue weighted by atomic mass is 10.1. The number of amides is 2. The Bertz CT molecular complexity index is 634. The van der Waals surface area contributed by atoms with Gasteiger partial charge >= 0.3 is 6.03 Å². The van der Waals surface area contributed by atoms with E-state index in [1.165, 1.54) is 0 Å². The van der Waals surface area contributed by atoms with Gasteiger partial charge in [-0.2, -0.15) is 0 Å². The molecule has 0 bridgehead atoms. The monoisotopic (exact) mass is 314 g/mol. The van der Waals surface area contributed by atoms with Crippen molar-refractivity contribution < 1.29 is 14.3 Å². The molecule has 5 nitrogen and oxygen atoms in total. The molecule has 2 N–H and O–H groups in total. The predicted octanol–water partition coefficient (Wildman–Crippen LogP) is 3.86. The van der Waals surface area contributed by atoms with Gasteiger partial charge in [-0.05, 0) is 56.2 Å². The Kier molecular flexibility index (Phi) is 5.86. The molecule has 2 aromatic carbocycles. The van der Waals surface area contributed by atoms with E-state index in [0.717, 1.165) is 22.6 Å². The van der Waals surface area contributed by atoms with Gasteiger partial charge in [-0.25, -0.2) is 4.79 Å². The maximum atomic E-state index is 11.9. The first-order valence-corrected chi connectivity index (χ1v) is 7.57. The Hall–Kier alpha value is -2.69. The van der Waals surface area contributed by atoms with Crippen molar-refractivity contribution in [3.63, 3.8) is 0 Å². The molecule has 0 aliphatic rings. The molecule has 5 heteroatoms. The van der Waals surface area contributed by atoms with Gasteiger partial charge < -0.3 is 20.1 Å². The molecule has 2 aromatic rings. The summed E-state index contributed by atoms with van der Waals surface area (Å²) in [5.41, 5.74) is 2.87. The standard InChI is InChI=1S/C18H22N2O3/c1-4-22-15-8-10-16(11-9-15)23-12-19-18(21)20-17-13(2)6-5-7-14(17)3/h5-11H,4,12H2,1-3H3,(H2,19,20,21). The van der Waals surface area contributed by atoms with E-state index in [9.17, 15) is 4.79 Å². The zero-order valence-corrected chi connectivity index (χ0v) is 13.7. The average molecular weight is 314 g/mol. The Balaban J connectivity index is 1.80. The Morgan fingerprint density at radius 1 is 0.957 bits per heavy atom. The van der Waals surface area contributed by atoms with Crippen LogP contribution in [-0.2, 0) is 0 Å². The molecule has 2 rings (SSSR count). The van der Waals surface area contributed by atoms with E-state index >= 15 is 0 Å². The number of anilines is 1. The summed E-state index contributed by atoms with van der Waals surface area (Å²) in [5.74, 6) is 1.46. The number of para-hydroxylation sites is 1. The fourth-order valence-electron chi connectivity index (χ4n) is 2.15. The molecular weight excluding hydrogens is 292 g/mol. The van der Waals surface area contributed by atoms with Crippen LogP contribution in [0.1, 0.15) is 18.1 Å². The Morgan fingerprint density at radius 2 is 1.52 bits per heavy atom. The number of rotatable bonds is 6. The number of urea groups is 1. The van der Waals surface area contributed by atoms with E-state index in [4.69, 9.17) is 9.47 Å². The summed E-state index contributed by atoms with van der Waals surface area (Å²) in [6.07, 6.45) is 0. The van der Waals surface area contributed by atoms with E-state index in [2.05, 4.69) is 10.6 Å². The molecule has 0 saturated carbocycles. The first-order chi connectivity index (χ1) is 11.1. The average Bonchev–Trinajstić information content (AvgIpc) is 2.53. The van der Waals surface area contributed by atoms with Gasteiger partial charge in [-0.1, -0.05) is 18.2 Å². The molecule has 0 fully saturated rings. The normalized spacial score (nSPS) is 10.0. The highest BCUT2D eigenvalue weighted by molar-refractivity contribution is 5.90. The number of aryl methyl sites for hydroxylation is 2. The first-order valence-electron chi connectivity index (χ1n) is 7.57. The lowest BCUT2D eigenvalue weighted by Crippen LogP contribution is -2.32. The number of carbonyl (C=O) groups excluding carboxylic acids is 1. The van der Waals surface area contributed by atoms with Crippen LogP contribution in [0, 0.1) is 13.8 Å². The molecule has 0 aliphatic carbocycles. The molecule has 0 saturated heterocycles. The summed E-state index contributed by atoms with van der Waals surface area (Å²) in [6.45, 7) is 6.56. The molecule has 0 aromatic heterocycles. The van der Waals surface area contributed by atoms with Crippen LogP contribution in [0.2, 0.25) is 0 Å². The molecule has 0 spiro atoms. The van der Waals surface area contributed by atoms with Crippen molar-refractivity contribution in [2.45, 2.75) is 20.8 Å². The topological polar surface area (TPSA) is 59.6 Å². The Morgan fingerprint density at radius 3 is 2.09 bits per heavy atom. The molecule has 0 atom stereocenters. The maximum Gasteiger partial charge on any atom is 0.321 e. The number of hydrogen-bond acceptors (Lipinski definition) is 3. The lowest BCUT2D eigenvalue weighted by molar-refractivity contribution is 0.234. The summed E-state index contributed by atoms with van der Waals surface area (Å²) in [6, 6.07) is 12.8. The lowest BCUT2D eigenvalue weighted by Gasteiger charge is -2.13.